The van der Waals surface area contributed by atoms with Crippen LogP contribution in [-0.2, 0) is 16.6 Å². The summed E-state index contributed by atoms with van der Waals surface area (Å²) in [4.78, 5) is 0. The predicted molar refractivity (Wildman–Crippen MR) is 76.6 cm³/mol. The molecule has 0 bridgehead atoms. The van der Waals surface area contributed by atoms with E-state index in [0.717, 1.165) is 4.47 Å². The first-order valence-corrected chi connectivity index (χ1v) is 7.88. The summed E-state index contributed by atoms with van der Waals surface area (Å²) in [5.74, 6) is 0.445. The molecule has 0 fully saturated rings. The Morgan fingerprint density at radius 1 is 1.32 bits per heavy atom. The number of nitrogens with one attached hydrogen (secondary N) is 1. The van der Waals surface area contributed by atoms with Crippen LogP contribution >= 0.6 is 27.5 Å². The van der Waals surface area contributed by atoms with Crippen molar-refractivity contribution in [1.29, 1.82) is 0 Å². The Kier molecular flexibility index (Phi) is 4.19. The van der Waals surface area contributed by atoms with Crippen LogP contribution in [-0.4, -0.2) is 8.42 Å². The van der Waals surface area contributed by atoms with E-state index < -0.39 is 10.0 Å². The number of benzene rings is 1. The van der Waals surface area contributed by atoms with Gasteiger partial charge in [-0.1, -0.05) is 27.5 Å². The molecule has 0 unspecified atom stereocenters. The van der Waals surface area contributed by atoms with Crippen LogP contribution in [0.25, 0.3) is 0 Å². The SMILES string of the molecule is NS(=O)(=O)c1ccc(CNc2cc(Br)ccc2Cl)o1. The molecule has 1 aromatic carbocycles. The molecule has 0 saturated carbocycles. The van der Waals surface area contributed by atoms with Gasteiger partial charge in [-0.25, -0.2) is 13.6 Å². The molecule has 0 spiro atoms. The first-order valence-electron chi connectivity index (χ1n) is 5.17. The highest BCUT2D eigenvalue weighted by atomic mass is 79.9. The van der Waals surface area contributed by atoms with Crippen molar-refractivity contribution in [2.24, 2.45) is 5.14 Å². The minimum absolute atomic E-state index is 0.260. The fourth-order valence-corrected chi connectivity index (χ4v) is 2.45. The zero-order valence-corrected chi connectivity index (χ0v) is 12.7. The molecule has 0 amide bonds. The summed E-state index contributed by atoms with van der Waals surface area (Å²) in [6.45, 7) is 0.297. The molecule has 1 heterocycles. The number of furan rings is 1. The molecule has 3 N–H and O–H groups in total. The van der Waals surface area contributed by atoms with Crippen LogP contribution < -0.4 is 10.5 Å². The van der Waals surface area contributed by atoms with Gasteiger partial charge in [0, 0.05) is 4.47 Å². The molecule has 19 heavy (non-hydrogen) atoms. The maximum absolute atomic E-state index is 11.1. The standard InChI is InChI=1S/C11H10BrClN2O3S/c12-7-1-3-9(13)10(5-7)15-6-8-2-4-11(18-8)19(14,16)17/h1-5,15H,6H2,(H2,14,16,17). The number of hydrogen-bond acceptors (Lipinski definition) is 4. The Balaban J connectivity index is 2.11. The molecule has 1 aromatic heterocycles. The molecule has 0 radical (unpaired) electrons. The van der Waals surface area contributed by atoms with Crippen molar-refractivity contribution >= 4 is 43.2 Å². The van der Waals surface area contributed by atoms with Crippen molar-refractivity contribution in [3.63, 3.8) is 0 Å². The van der Waals surface area contributed by atoms with Gasteiger partial charge in [-0.2, -0.15) is 0 Å². The molecule has 0 aliphatic heterocycles. The highest BCUT2D eigenvalue weighted by Gasteiger charge is 2.13. The van der Waals surface area contributed by atoms with E-state index in [4.69, 9.17) is 21.2 Å². The second kappa shape index (κ2) is 5.54. The summed E-state index contributed by atoms with van der Waals surface area (Å²) in [5, 5.41) is 8.29. The fraction of sp³-hybridized carbons (Fsp3) is 0.0909. The van der Waals surface area contributed by atoms with E-state index >= 15 is 0 Å². The lowest BCUT2D eigenvalue weighted by atomic mass is 10.3. The molecule has 5 nitrogen and oxygen atoms in total. The average molecular weight is 366 g/mol. The molecule has 0 aliphatic carbocycles. The second-order valence-corrected chi connectivity index (χ2v) is 6.56. The summed E-state index contributed by atoms with van der Waals surface area (Å²) >= 11 is 9.35. The summed E-state index contributed by atoms with van der Waals surface area (Å²) in [6.07, 6.45) is 0. The van der Waals surface area contributed by atoms with E-state index in [0.29, 0.717) is 23.0 Å². The van der Waals surface area contributed by atoms with E-state index in [1.807, 2.05) is 12.1 Å². The van der Waals surface area contributed by atoms with Gasteiger partial charge in [-0.3, -0.25) is 0 Å². The highest BCUT2D eigenvalue weighted by molar-refractivity contribution is 9.10. The molecule has 2 rings (SSSR count). The third-order valence-corrected chi connectivity index (χ3v) is 3.90. The topological polar surface area (TPSA) is 85.3 Å². The summed E-state index contributed by atoms with van der Waals surface area (Å²) in [6, 6.07) is 8.23. The van der Waals surface area contributed by atoms with Gasteiger partial charge >= 0.3 is 0 Å². The molecule has 8 heteroatoms. The zero-order chi connectivity index (χ0) is 14.0. The van der Waals surface area contributed by atoms with Gasteiger partial charge in [-0.05, 0) is 30.3 Å². The van der Waals surface area contributed by atoms with Crippen LogP contribution in [0.15, 0.2) is 44.3 Å². The first-order chi connectivity index (χ1) is 8.86. The van der Waals surface area contributed by atoms with Gasteiger partial charge in [0.15, 0.2) is 0 Å². The second-order valence-electron chi connectivity index (χ2n) is 3.74. The minimum Gasteiger partial charge on any atom is -0.446 e. The maximum atomic E-state index is 11.1. The van der Waals surface area contributed by atoms with E-state index in [1.165, 1.54) is 6.07 Å². The lowest BCUT2D eigenvalue weighted by molar-refractivity contribution is 0.419. The van der Waals surface area contributed by atoms with Crippen molar-refractivity contribution in [3.8, 4) is 0 Å². The fourth-order valence-electron chi connectivity index (χ4n) is 1.42. The van der Waals surface area contributed by atoms with Gasteiger partial charge < -0.3 is 9.73 Å². The number of sulfonamides is 1. The third kappa shape index (κ3) is 3.73. The molecule has 0 saturated heterocycles. The normalized spacial score (nSPS) is 11.5. The third-order valence-electron chi connectivity index (χ3n) is 2.30. The summed E-state index contributed by atoms with van der Waals surface area (Å²) < 4.78 is 28.1. The van der Waals surface area contributed by atoms with Gasteiger partial charge in [0.2, 0.25) is 5.09 Å². The number of anilines is 1. The smallest absolute Gasteiger partial charge is 0.271 e. The molecule has 2 aromatic rings. The van der Waals surface area contributed by atoms with Crippen LogP contribution in [0, 0.1) is 0 Å². The Bertz CT molecular complexity index is 700. The highest BCUT2D eigenvalue weighted by Crippen LogP contribution is 2.26. The minimum atomic E-state index is -3.81. The Morgan fingerprint density at radius 3 is 2.68 bits per heavy atom. The van der Waals surface area contributed by atoms with Gasteiger partial charge in [0.1, 0.15) is 5.76 Å². The first kappa shape index (κ1) is 14.4. The lowest BCUT2D eigenvalue weighted by Crippen LogP contribution is -2.10. The molecular weight excluding hydrogens is 356 g/mol. The molecule has 102 valence electrons. The van der Waals surface area contributed by atoms with Gasteiger partial charge in [0.25, 0.3) is 10.0 Å². The van der Waals surface area contributed by atoms with E-state index in [2.05, 4.69) is 21.2 Å². The van der Waals surface area contributed by atoms with E-state index in [1.54, 1.807) is 12.1 Å². The van der Waals surface area contributed by atoms with Crippen LogP contribution in [0.3, 0.4) is 0 Å². The van der Waals surface area contributed by atoms with Crippen molar-refractivity contribution in [2.75, 3.05) is 5.32 Å². The Hall–Kier alpha value is -1.02. The Labute approximate surface area is 123 Å². The maximum Gasteiger partial charge on any atom is 0.271 e. The molecule has 0 aliphatic rings. The Morgan fingerprint density at radius 2 is 2.05 bits per heavy atom. The van der Waals surface area contributed by atoms with Crippen molar-refractivity contribution < 1.29 is 12.8 Å². The number of halogens is 2. The molecular formula is C11H10BrClN2O3S. The van der Waals surface area contributed by atoms with Gasteiger partial charge in [-0.15, -0.1) is 0 Å². The number of nitrogens with two attached hydrogens (primary N) is 1. The largest absolute Gasteiger partial charge is 0.446 e. The van der Waals surface area contributed by atoms with E-state index in [-0.39, 0.29) is 5.09 Å². The monoisotopic (exact) mass is 364 g/mol. The van der Waals surface area contributed by atoms with Crippen LogP contribution in [0.4, 0.5) is 5.69 Å². The van der Waals surface area contributed by atoms with Gasteiger partial charge in [0.05, 0.1) is 17.3 Å². The van der Waals surface area contributed by atoms with Crippen LogP contribution in [0.2, 0.25) is 5.02 Å². The average Bonchev–Trinajstić information content (AvgIpc) is 2.79. The number of rotatable bonds is 4. The van der Waals surface area contributed by atoms with Crippen molar-refractivity contribution in [3.05, 3.63) is 45.6 Å². The number of primary sulfonamides is 1. The number of hydrogen-bond donors (Lipinski definition) is 2. The van der Waals surface area contributed by atoms with Crippen LogP contribution in [0.5, 0.6) is 0 Å². The van der Waals surface area contributed by atoms with Crippen LogP contribution in [0.1, 0.15) is 5.76 Å². The van der Waals surface area contributed by atoms with E-state index in [9.17, 15) is 8.42 Å². The van der Waals surface area contributed by atoms with Crippen molar-refractivity contribution in [2.45, 2.75) is 11.6 Å². The predicted octanol–water partition coefficient (Wildman–Crippen LogP) is 2.96. The molecule has 0 atom stereocenters. The van der Waals surface area contributed by atoms with Crippen molar-refractivity contribution in [1.82, 2.24) is 0 Å². The lowest BCUT2D eigenvalue weighted by Gasteiger charge is -2.07. The summed E-state index contributed by atoms with van der Waals surface area (Å²) in [5.41, 5.74) is 0.713. The summed E-state index contributed by atoms with van der Waals surface area (Å²) in [7, 11) is -3.81. The zero-order valence-electron chi connectivity index (χ0n) is 9.56. The quantitative estimate of drug-likeness (QED) is 0.872.